The van der Waals surface area contributed by atoms with E-state index in [0.29, 0.717) is 6.07 Å². The molecule has 0 aliphatic carbocycles. The van der Waals surface area contributed by atoms with Crippen LogP contribution in [0, 0.1) is 11.3 Å². The molecule has 0 saturated carbocycles. The third-order valence-corrected chi connectivity index (χ3v) is 3.16. The summed E-state index contributed by atoms with van der Waals surface area (Å²) in [5, 5.41) is 14.7. The van der Waals surface area contributed by atoms with Crippen LogP contribution in [0.25, 0.3) is 0 Å². The molecule has 0 spiro atoms. The molecule has 1 heterocycles. The van der Waals surface area contributed by atoms with E-state index >= 15 is 0 Å². The van der Waals surface area contributed by atoms with Gasteiger partial charge < -0.3 is 15.0 Å². The Morgan fingerprint density at radius 3 is 2.79 bits per heavy atom. The van der Waals surface area contributed by atoms with Gasteiger partial charge in [-0.2, -0.15) is 23.5 Å². The molecule has 28 heavy (non-hydrogen) atoms. The van der Waals surface area contributed by atoms with Crippen LogP contribution in [0.15, 0.2) is 35.7 Å². The maximum atomic E-state index is 12.7. The second kappa shape index (κ2) is 8.67. The summed E-state index contributed by atoms with van der Waals surface area (Å²) in [6.45, 7) is 1.72. The summed E-state index contributed by atoms with van der Waals surface area (Å²) in [7, 11) is 0. The lowest BCUT2D eigenvalue weighted by atomic mass is 10.2. The second-order valence-electron chi connectivity index (χ2n) is 5.06. The number of carbonyl (C=O) groups is 2. The fourth-order valence-electron chi connectivity index (χ4n) is 1.94. The van der Waals surface area contributed by atoms with Crippen LogP contribution in [0.2, 0.25) is 0 Å². The molecule has 0 aliphatic rings. The van der Waals surface area contributed by atoms with E-state index in [-0.39, 0.29) is 23.8 Å². The van der Waals surface area contributed by atoms with Crippen molar-refractivity contribution >= 4 is 29.1 Å². The summed E-state index contributed by atoms with van der Waals surface area (Å²) in [5.74, 6) is -1.88. The second-order valence-corrected chi connectivity index (χ2v) is 5.06. The lowest BCUT2D eigenvalue weighted by molar-refractivity contribution is -0.137. The van der Waals surface area contributed by atoms with Crippen LogP contribution in [0.5, 0.6) is 0 Å². The van der Waals surface area contributed by atoms with Crippen LogP contribution >= 0.6 is 0 Å². The fourth-order valence-corrected chi connectivity index (χ4v) is 1.94. The average molecular weight is 394 g/mol. The van der Waals surface area contributed by atoms with Gasteiger partial charge in [0, 0.05) is 5.69 Å². The van der Waals surface area contributed by atoms with Crippen molar-refractivity contribution in [3.8, 4) is 6.07 Å². The van der Waals surface area contributed by atoms with E-state index in [0.717, 1.165) is 12.1 Å². The number of benzene rings is 1. The van der Waals surface area contributed by atoms with Crippen molar-refractivity contribution in [3.05, 3.63) is 41.9 Å². The number of hydrogen-bond acceptors (Lipinski definition) is 7. The maximum absolute atomic E-state index is 12.7. The van der Waals surface area contributed by atoms with Crippen LogP contribution in [-0.4, -0.2) is 34.2 Å². The predicted octanol–water partition coefficient (Wildman–Crippen LogP) is 2.54. The Kier molecular flexibility index (Phi) is 6.33. The van der Waals surface area contributed by atoms with E-state index in [1.54, 1.807) is 6.92 Å². The van der Waals surface area contributed by atoms with Crippen molar-refractivity contribution in [2.24, 2.45) is 5.10 Å². The van der Waals surface area contributed by atoms with Crippen LogP contribution in [0.3, 0.4) is 0 Å². The number of imidazole rings is 1. The number of nitrogens with zero attached hydrogens (tertiary/aromatic N) is 3. The first kappa shape index (κ1) is 20.4. The van der Waals surface area contributed by atoms with Crippen molar-refractivity contribution in [2.45, 2.75) is 13.1 Å². The molecular weight excluding hydrogens is 381 g/mol. The SMILES string of the molecule is CCOC(=O)c1[nH]cnc1N/N=C(\C#N)C(=O)Nc1cccc(C(F)(F)F)c1. The molecule has 0 fully saturated rings. The number of nitriles is 1. The molecule has 0 unspecified atom stereocenters. The van der Waals surface area contributed by atoms with Crippen molar-refractivity contribution in [1.29, 1.82) is 5.26 Å². The van der Waals surface area contributed by atoms with Gasteiger partial charge in [0.15, 0.2) is 11.5 Å². The molecule has 9 nitrogen and oxygen atoms in total. The third kappa shape index (κ3) is 5.07. The number of aromatic nitrogens is 2. The van der Waals surface area contributed by atoms with Gasteiger partial charge in [-0.15, -0.1) is 0 Å². The molecule has 3 N–H and O–H groups in total. The largest absolute Gasteiger partial charge is 0.461 e. The number of alkyl halides is 3. The Labute approximate surface area is 156 Å². The minimum Gasteiger partial charge on any atom is -0.461 e. The number of hydrazone groups is 1. The molecule has 2 rings (SSSR count). The van der Waals surface area contributed by atoms with Gasteiger partial charge in [-0.1, -0.05) is 6.07 Å². The Bertz CT molecular complexity index is 946. The first-order chi connectivity index (χ1) is 13.3. The van der Waals surface area contributed by atoms with Crippen molar-refractivity contribution in [2.75, 3.05) is 17.3 Å². The highest BCUT2D eigenvalue weighted by Gasteiger charge is 2.30. The first-order valence-corrected chi connectivity index (χ1v) is 7.69. The molecule has 1 amide bonds. The van der Waals surface area contributed by atoms with E-state index in [1.807, 2.05) is 0 Å². The normalized spacial score (nSPS) is 11.5. The highest BCUT2D eigenvalue weighted by atomic mass is 19.4. The molecule has 0 bridgehead atoms. The number of aromatic amines is 1. The first-order valence-electron chi connectivity index (χ1n) is 7.69. The van der Waals surface area contributed by atoms with Crippen LogP contribution in [-0.2, 0) is 15.7 Å². The molecule has 0 aliphatic heterocycles. The van der Waals surface area contributed by atoms with E-state index in [2.05, 4.69) is 25.8 Å². The molecule has 1 aromatic heterocycles. The Morgan fingerprint density at radius 2 is 2.14 bits per heavy atom. The number of H-pyrrole nitrogens is 1. The standard InChI is InChI=1S/C16H13F3N6O3/c1-2-28-15(27)12-13(22-8-21-12)25-24-11(7-20)14(26)23-10-5-3-4-9(6-10)16(17,18)19/h3-6,8,25H,2H2,1H3,(H,21,22)(H,23,26)/b24-11+. The van der Waals surface area contributed by atoms with E-state index in [9.17, 15) is 22.8 Å². The van der Waals surface area contributed by atoms with Gasteiger partial charge in [-0.05, 0) is 25.1 Å². The quantitative estimate of drug-likeness (QED) is 0.392. The lowest BCUT2D eigenvalue weighted by Gasteiger charge is -2.09. The van der Waals surface area contributed by atoms with E-state index < -0.39 is 29.3 Å². The number of nitrogens with one attached hydrogen (secondary N) is 3. The monoisotopic (exact) mass is 394 g/mol. The topological polar surface area (TPSA) is 132 Å². The van der Waals surface area contributed by atoms with Crippen molar-refractivity contribution in [3.63, 3.8) is 0 Å². The lowest BCUT2D eigenvalue weighted by Crippen LogP contribution is -2.23. The zero-order chi connectivity index (χ0) is 20.7. The molecule has 0 saturated heterocycles. The third-order valence-electron chi connectivity index (χ3n) is 3.16. The number of rotatable bonds is 6. The highest BCUT2D eigenvalue weighted by molar-refractivity contribution is 6.48. The Hall–Kier alpha value is -3.88. The molecule has 12 heteroatoms. The van der Waals surface area contributed by atoms with Gasteiger partial charge in [0.2, 0.25) is 5.71 Å². The number of halogens is 3. The summed E-state index contributed by atoms with van der Waals surface area (Å²) in [5.41, 5.74) is 0.351. The molecule has 0 atom stereocenters. The fraction of sp³-hybridized carbons (Fsp3) is 0.188. The van der Waals surface area contributed by atoms with Crippen LogP contribution in [0.4, 0.5) is 24.7 Å². The number of amides is 1. The number of carbonyl (C=O) groups excluding carboxylic acids is 2. The van der Waals surface area contributed by atoms with Crippen LogP contribution in [0.1, 0.15) is 23.0 Å². The van der Waals surface area contributed by atoms with Crippen molar-refractivity contribution < 1.29 is 27.5 Å². The Morgan fingerprint density at radius 1 is 1.39 bits per heavy atom. The van der Waals surface area contributed by atoms with Gasteiger partial charge in [-0.25, -0.2) is 9.78 Å². The molecule has 2 aromatic rings. The zero-order valence-corrected chi connectivity index (χ0v) is 14.3. The zero-order valence-electron chi connectivity index (χ0n) is 14.3. The summed E-state index contributed by atoms with van der Waals surface area (Å²) in [6.07, 6.45) is -3.42. The van der Waals surface area contributed by atoms with Gasteiger partial charge in [-0.3, -0.25) is 10.2 Å². The summed E-state index contributed by atoms with van der Waals surface area (Å²) < 4.78 is 42.9. The number of esters is 1. The smallest absolute Gasteiger partial charge is 0.416 e. The van der Waals surface area contributed by atoms with Gasteiger partial charge >= 0.3 is 12.1 Å². The maximum Gasteiger partial charge on any atom is 0.416 e. The van der Waals surface area contributed by atoms with Crippen LogP contribution < -0.4 is 10.7 Å². The predicted molar refractivity (Wildman–Crippen MR) is 91.3 cm³/mol. The minimum absolute atomic E-state index is 0.0822. The van der Waals surface area contributed by atoms with E-state index in [4.69, 9.17) is 10.00 Å². The Balaban J connectivity index is 2.14. The van der Waals surface area contributed by atoms with Gasteiger partial charge in [0.1, 0.15) is 6.07 Å². The summed E-state index contributed by atoms with van der Waals surface area (Å²) in [4.78, 5) is 30.1. The van der Waals surface area contributed by atoms with E-state index in [1.165, 1.54) is 18.5 Å². The van der Waals surface area contributed by atoms with Crippen molar-refractivity contribution in [1.82, 2.24) is 9.97 Å². The molecule has 1 aromatic carbocycles. The summed E-state index contributed by atoms with van der Waals surface area (Å²) >= 11 is 0. The number of anilines is 2. The molecular formula is C16H13F3N6O3. The minimum atomic E-state index is -4.59. The number of ether oxygens (including phenoxy) is 1. The molecule has 146 valence electrons. The van der Waals surface area contributed by atoms with Gasteiger partial charge in [0.05, 0.1) is 18.5 Å². The summed E-state index contributed by atoms with van der Waals surface area (Å²) in [6, 6.07) is 5.39. The van der Waals surface area contributed by atoms with Gasteiger partial charge in [0.25, 0.3) is 5.91 Å². The number of hydrogen-bond donors (Lipinski definition) is 3. The average Bonchev–Trinajstić information content (AvgIpc) is 3.10. The molecule has 0 radical (unpaired) electrons. The highest BCUT2D eigenvalue weighted by Crippen LogP contribution is 2.30.